The first-order chi connectivity index (χ1) is 11.8. The van der Waals surface area contributed by atoms with Crippen molar-refractivity contribution in [1.29, 1.82) is 0 Å². The Morgan fingerprint density at radius 1 is 0.792 bits per heavy atom. The lowest BCUT2D eigenvalue weighted by atomic mass is 10.1. The molecule has 1 amide bonds. The number of para-hydroxylation sites is 1. The first kappa shape index (κ1) is 14.5. The average molecular weight is 314 g/mol. The standard InChI is InChI=1S/C21H18N2O/c24-21-19-14-8-7-13-18(19)20(22-17-11-5-2-6-12-17)23(21)15-16-9-3-1-4-10-16/h1-14,20,22H,15H2/t20-/m0/s1. The maximum absolute atomic E-state index is 12.9. The smallest absolute Gasteiger partial charge is 0.256 e. The summed E-state index contributed by atoms with van der Waals surface area (Å²) >= 11 is 0. The van der Waals surface area contributed by atoms with Gasteiger partial charge in [0.25, 0.3) is 5.91 Å². The van der Waals surface area contributed by atoms with Gasteiger partial charge in [-0.25, -0.2) is 0 Å². The van der Waals surface area contributed by atoms with Gasteiger partial charge in [-0.3, -0.25) is 4.79 Å². The van der Waals surface area contributed by atoms with Crippen LogP contribution in [0.25, 0.3) is 0 Å². The van der Waals surface area contributed by atoms with Gasteiger partial charge in [0, 0.05) is 23.4 Å². The third-order valence-electron chi connectivity index (χ3n) is 4.33. The molecule has 24 heavy (non-hydrogen) atoms. The number of rotatable bonds is 4. The number of carbonyl (C=O) groups excluding carboxylic acids is 1. The Labute approximate surface area is 141 Å². The van der Waals surface area contributed by atoms with E-state index in [0.717, 1.165) is 22.4 Å². The van der Waals surface area contributed by atoms with E-state index < -0.39 is 0 Å². The van der Waals surface area contributed by atoms with Gasteiger partial charge in [0.1, 0.15) is 6.17 Å². The van der Waals surface area contributed by atoms with Crippen molar-refractivity contribution in [2.24, 2.45) is 0 Å². The summed E-state index contributed by atoms with van der Waals surface area (Å²) in [5.74, 6) is 0.0721. The van der Waals surface area contributed by atoms with Crippen molar-refractivity contribution in [3.63, 3.8) is 0 Å². The SMILES string of the molecule is O=C1c2ccccc2[C@@H](Nc2ccccc2)N1Cc1ccccc1. The minimum Gasteiger partial charge on any atom is -0.361 e. The number of hydrogen-bond acceptors (Lipinski definition) is 2. The van der Waals surface area contributed by atoms with Crippen molar-refractivity contribution in [2.45, 2.75) is 12.7 Å². The molecule has 0 aliphatic carbocycles. The number of fused-ring (bicyclic) bond motifs is 1. The zero-order valence-corrected chi connectivity index (χ0v) is 13.2. The minimum absolute atomic E-state index is 0.0721. The zero-order valence-electron chi connectivity index (χ0n) is 13.2. The quantitative estimate of drug-likeness (QED) is 0.771. The lowest BCUT2D eigenvalue weighted by molar-refractivity contribution is 0.0729. The van der Waals surface area contributed by atoms with Gasteiger partial charge in [0.15, 0.2) is 0 Å². The van der Waals surface area contributed by atoms with Crippen LogP contribution in [0.1, 0.15) is 27.7 Å². The molecule has 1 N–H and O–H groups in total. The fraction of sp³-hybridized carbons (Fsp3) is 0.0952. The summed E-state index contributed by atoms with van der Waals surface area (Å²) < 4.78 is 0. The predicted molar refractivity (Wildman–Crippen MR) is 95.6 cm³/mol. The molecule has 0 aromatic heterocycles. The summed E-state index contributed by atoms with van der Waals surface area (Å²) in [5.41, 5.74) is 3.94. The predicted octanol–water partition coefficient (Wildman–Crippen LogP) is 4.45. The van der Waals surface area contributed by atoms with Crippen LogP contribution in [0.15, 0.2) is 84.9 Å². The highest BCUT2D eigenvalue weighted by atomic mass is 16.2. The van der Waals surface area contributed by atoms with Crippen molar-refractivity contribution in [1.82, 2.24) is 4.90 Å². The largest absolute Gasteiger partial charge is 0.361 e. The van der Waals surface area contributed by atoms with Crippen LogP contribution in [0.5, 0.6) is 0 Å². The highest BCUT2D eigenvalue weighted by Crippen LogP contribution is 2.35. The van der Waals surface area contributed by atoms with Crippen LogP contribution in [-0.2, 0) is 6.54 Å². The lowest BCUT2D eigenvalue weighted by Gasteiger charge is -2.27. The van der Waals surface area contributed by atoms with E-state index in [1.807, 2.05) is 77.7 Å². The Morgan fingerprint density at radius 2 is 1.42 bits per heavy atom. The lowest BCUT2D eigenvalue weighted by Crippen LogP contribution is -2.31. The summed E-state index contributed by atoms with van der Waals surface area (Å²) in [7, 11) is 0. The average Bonchev–Trinajstić information content (AvgIpc) is 2.90. The van der Waals surface area contributed by atoms with E-state index in [2.05, 4.69) is 17.4 Å². The number of anilines is 1. The highest BCUT2D eigenvalue weighted by Gasteiger charge is 2.36. The minimum atomic E-state index is -0.156. The number of amides is 1. The molecule has 0 saturated heterocycles. The Morgan fingerprint density at radius 3 is 2.17 bits per heavy atom. The second kappa shape index (κ2) is 6.20. The molecule has 0 spiro atoms. The van der Waals surface area contributed by atoms with Crippen molar-refractivity contribution >= 4 is 11.6 Å². The highest BCUT2D eigenvalue weighted by molar-refractivity contribution is 5.99. The van der Waals surface area contributed by atoms with Crippen LogP contribution >= 0.6 is 0 Å². The molecule has 0 radical (unpaired) electrons. The first-order valence-electron chi connectivity index (χ1n) is 8.08. The third kappa shape index (κ3) is 2.65. The normalized spacial score (nSPS) is 16.1. The van der Waals surface area contributed by atoms with Crippen LogP contribution in [0.3, 0.4) is 0 Å². The van der Waals surface area contributed by atoms with Crippen LogP contribution in [0.4, 0.5) is 5.69 Å². The molecule has 3 aromatic carbocycles. The van der Waals surface area contributed by atoms with Crippen LogP contribution in [0, 0.1) is 0 Å². The van der Waals surface area contributed by atoms with Crippen molar-refractivity contribution in [2.75, 3.05) is 5.32 Å². The van der Waals surface area contributed by atoms with Gasteiger partial charge in [0.05, 0.1) is 0 Å². The number of hydrogen-bond donors (Lipinski definition) is 1. The topological polar surface area (TPSA) is 32.3 Å². The summed E-state index contributed by atoms with van der Waals surface area (Å²) in [4.78, 5) is 14.8. The second-order valence-electron chi connectivity index (χ2n) is 5.92. The Hall–Kier alpha value is -3.07. The maximum atomic E-state index is 12.9. The van der Waals surface area contributed by atoms with Crippen LogP contribution in [-0.4, -0.2) is 10.8 Å². The summed E-state index contributed by atoms with van der Waals surface area (Å²) in [5, 5.41) is 3.50. The van der Waals surface area contributed by atoms with E-state index in [1.54, 1.807) is 0 Å². The van der Waals surface area contributed by atoms with E-state index >= 15 is 0 Å². The van der Waals surface area contributed by atoms with Gasteiger partial charge in [-0.15, -0.1) is 0 Å². The molecule has 3 heteroatoms. The zero-order chi connectivity index (χ0) is 16.4. The fourth-order valence-corrected chi connectivity index (χ4v) is 3.16. The van der Waals surface area contributed by atoms with E-state index in [1.165, 1.54) is 0 Å². The van der Waals surface area contributed by atoms with E-state index in [0.29, 0.717) is 6.54 Å². The van der Waals surface area contributed by atoms with Crippen molar-refractivity contribution in [3.05, 3.63) is 102 Å². The van der Waals surface area contributed by atoms with Gasteiger partial charge in [-0.05, 0) is 23.8 Å². The molecule has 1 atom stereocenters. The molecule has 3 aromatic rings. The van der Waals surface area contributed by atoms with E-state index in [4.69, 9.17) is 0 Å². The van der Waals surface area contributed by atoms with E-state index in [9.17, 15) is 4.79 Å². The van der Waals surface area contributed by atoms with E-state index in [-0.39, 0.29) is 12.1 Å². The van der Waals surface area contributed by atoms with Crippen LogP contribution in [0.2, 0.25) is 0 Å². The fourth-order valence-electron chi connectivity index (χ4n) is 3.16. The van der Waals surface area contributed by atoms with Gasteiger partial charge in [0.2, 0.25) is 0 Å². The third-order valence-corrected chi connectivity index (χ3v) is 4.33. The summed E-state index contributed by atoms with van der Waals surface area (Å²) in [6, 6.07) is 27.9. The molecular formula is C21H18N2O. The summed E-state index contributed by atoms with van der Waals surface area (Å²) in [6.45, 7) is 0.582. The Kier molecular flexibility index (Phi) is 3.75. The molecule has 1 aliphatic rings. The molecule has 0 saturated carbocycles. The Bertz CT molecular complexity index is 846. The number of carbonyl (C=O) groups is 1. The first-order valence-corrected chi connectivity index (χ1v) is 8.08. The van der Waals surface area contributed by atoms with Crippen LogP contribution < -0.4 is 5.32 Å². The molecule has 3 nitrogen and oxygen atoms in total. The molecule has 1 aliphatic heterocycles. The number of nitrogens with one attached hydrogen (secondary N) is 1. The molecule has 0 fully saturated rings. The molecule has 0 unspecified atom stereocenters. The number of nitrogens with zero attached hydrogens (tertiary/aromatic N) is 1. The second-order valence-corrected chi connectivity index (χ2v) is 5.92. The molecular weight excluding hydrogens is 296 g/mol. The molecule has 0 bridgehead atoms. The van der Waals surface area contributed by atoms with Crippen molar-refractivity contribution in [3.8, 4) is 0 Å². The number of benzene rings is 3. The molecule has 118 valence electrons. The van der Waals surface area contributed by atoms with Gasteiger partial charge in [-0.1, -0.05) is 66.7 Å². The molecule has 4 rings (SSSR count). The molecule has 1 heterocycles. The maximum Gasteiger partial charge on any atom is 0.256 e. The van der Waals surface area contributed by atoms with Gasteiger partial charge in [-0.2, -0.15) is 0 Å². The Balaban J connectivity index is 1.69. The van der Waals surface area contributed by atoms with Crippen molar-refractivity contribution < 1.29 is 4.79 Å². The monoisotopic (exact) mass is 314 g/mol. The van der Waals surface area contributed by atoms with Gasteiger partial charge >= 0.3 is 0 Å². The van der Waals surface area contributed by atoms with Gasteiger partial charge < -0.3 is 10.2 Å². The summed E-state index contributed by atoms with van der Waals surface area (Å²) in [6.07, 6.45) is -0.156.